The Balaban J connectivity index is 1.58. The van der Waals surface area contributed by atoms with E-state index in [1.165, 1.54) is 0 Å². The van der Waals surface area contributed by atoms with Gasteiger partial charge in [-0.15, -0.1) is 0 Å². The standard InChI is InChI=1S/C28H37N5O4/c1-4-23-18-22-10-11-24(37-5-2)19-25(22)26(31-33(23)28(35)29-3)20-6-8-21(9-7-20)27(34)30-12-13-32-14-16-36-17-15-32/h6-11,19,23H,4-5,12-18H2,1-3H3,(H,29,35)(H,30,34). The predicted molar refractivity (Wildman–Crippen MR) is 143 cm³/mol. The first-order valence-electron chi connectivity index (χ1n) is 13.1. The fraction of sp³-hybridized carbons (Fsp3) is 0.464. The molecule has 1 fully saturated rings. The molecule has 37 heavy (non-hydrogen) atoms. The third kappa shape index (κ3) is 6.47. The fourth-order valence-corrected chi connectivity index (χ4v) is 4.68. The molecule has 1 atom stereocenters. The van der Waals surface area contributed by atoms with Crippen molar-refractivity contribution in [2.75, 3.05) is 53.0 Å². The van der Waals surface area contributed by atoms with Crippen LogP contribution in [0.15, 0.2) is 47.6 Å². The second-order valence-electron chi connectivity index (χ2n) is 9.15. The van der Waals surface area contributed by atoms with Gasteiger partial charge in [0, 0.05) is 49.9 Å². The molecule has 9 nitrogen and oxygen atoms in total. The monoisotopic (exact) mass is 507 g/mol. The molecular weight excluding hydrogens is 470 g/mol. The second-order valence-corrected chi connectivity index (χ2v) is 9.15. The lowest BCUT2D eigenvalue weighted by Crippen LogP contribution is -2.42. The lowest BCUT2D eigenvalue weighted by molar-refractivity contribution is 0.0383. The first-order valence-corrected chi connectivity index (χ1v) is 13.1. The number of fused-ring (bicyclic) bond motifs is 1. The zero-order valence-corrected chi connectivity index (χ0v) is 22.0. The predicted octanol–water partition coefficient (Wildman–Crippen LogP) is 2.88. The highest BCUT2D eigenvalue weighted by Crippen LogP contribution is 2.28. The van der Waals surface area contributed by atoms with Gasteiger partial charge in [-0.2, -0.15) is 5.10 Å². The van der Waals surface area contributed by atoms with Crippen molar-refractivity contribution >= 4 is 17.6 Å². The van der Waals surface area contributed by atoms with Crippen molar-refractivity contribution in [2.45, 2.75) is 32.7 Å². The zero-order valence-electron chi connectivity index (χ0n) is 22.0. The number of hydrogen-bond acceptors (Lipinski definition) is 6. The number of amides is 3. The van der Waals surface area contributed by atoms with E-state index < -0.39 is 0 Å². The van der Waals surface area contributed by atoms with Crippen LogP contribution in [0.25, 0.3) is 0 Å². The summed E-state index contributed by atoms with van der Waals surface area (Å²) < 4.78 is 11.1. The summed E-state index contributed by atoms with van der Waals surface area (Å²) in [4.78, 5) is 27.8. The van der Waals surface area contributed by atoms with Crippen molar-refractivity contribution in [1.29, 1.82) is 0 Å². The molecule has 4 rings (SSSR count). The number of urea groups is 1. The summed E-state index contributed by atoms with van der Waals surface area (Å²) in [5.41, 5.74) is 4.11. The molecule has 2 aliphatic rings. The molecule has 2 aliphatic heterocycles. The Morgan fingerprint density at radius 2 is 1.86 bits per heavy atom. The minimum Gasteiger partial charge on any atom is -0.494 e. The van der Waals surface area contributed by atoms with E-state index in [4.69, 9.17) is 14.6 Å². The van der Waals surface area contributed by atoms with E-state index in [0.717, 1.165) is 61.7 Å². The van der Waals surface area contributed by atoms with Gasteiger partial charge in [0.1, 0.15) is 5.75 Å². The number of nitrogens with zero attached hydrogens (tertiary/aromatic N) is 3. The highest BCUT2D eigenvalue weighted by molar-refractivity contribution is 6.14. The van der Waals surface area contributed by atoms with Gasteiger partial charge < -0.3 is 20.1 Å². The number of rotatable bonds is 8. The summed E-state index contributed by atoms with van der Waals surface area (Å²) in [6, 6.07) is 13.1. The first-order chi connectivity index (χ1) is 18.0. The van der Waals surface area contributed by atoms with Gasteiger partial charge in [-0.3, -0.25) is 9.69 Å². The summed E-state index contributed by atoms with van der Waals surface area (Å²) in [6.45, 7) is 9.22. The smallest absolute Gasteiger partial charge is 0.337 e. The summed E-state index contributed by atoms with van der Waals surface area (Å²) in [6.07, 6.45) is 1.45. The maximum atomic E-state index is 12.8. The molecule has 0 spiro atoms. The largest absolute Gasteiger partial charge is 0.494 e. The van der Waals surface area contributed by atoms with Gasteiger partial charge in [-0.05, 0) is 49.6 Å². The first kappa shape index (κ1) is 26.6. The Morgan fingerprint density at radius 1 is 1.11 bits per heavy atom. The van der Waals surface area contributed by atoms with Crippen LogP contribution in [0, 0.1) is 0 Å². The molecule has 3 amide bonds. The fourth-order valence-electron chi connectivity index (χ4n) is 4.68. The van der Waals surface area contributed by atoms with Crippen molar-refractivity contribution < 1.29 is 19.1 Å². The van der Waals surface area contributed by atoms with Gasteiger partial charge in [0.15, 0.2) is 0 Å². The number of benzene rings is 2. The average molecular weight is 508 g/mol. The highest BCUT2D eigenvalue weighted by atomic mass is 16.5. The van der Waals surface area contributed by atoms with E-state index in [1.54, 1.807) is 24.2 Å². The molecular formula is C28H37N5O4. The quantitative estimate of drug-likeness (QED) is 0.573. The van der Waals surface area contributed by atoms with E-state index in [9.17, 15) is 9.59 Å². The van der Waals surface area contributed by atoms with Gasteiger partial charge in [0.2, 0.25) is 0 Å². The third-order valence-electron chi connectivity index (χ3n) is 6.79. The van der Waals surface area contributed by atoms with Crippen LogP contribution >= 0.6 is 0 Å². The Hall–Kier alpha value is -3.43. The van der Waals surface area contributed by atoms with Gasteiger partial charge >= 0.3 is 6.03 Å². The maximum absolute atomic E-state index is 12.8. The van der Waals surface area contributed by atoms with E-state index in [-0.39, 0.29) is 18.0 Å². The van der Waals surface area contributed by atoms with Gasteiger partial charge in [-0.25, -0.2) is 9.80 Å². The molecule has 0 radical (unpaired) electrons. The SMILES string of the molecule is CCOc1ccc2c(c1)C(c1ccc(C(=O)NCCN3CCOCC3)cc1)=NN(C(=O)NC)C(CC)C2. The Labute approximate surface area is 218 Å². The molecule has 9 heteroatoms. The molecule has 0 aromatic heterocycles. The number of hydrazone groups is 1. The van der Waals surface area contributed by atoms with Crippen LogP contribution in [-0.4, -0.2) is 86.6 Å². The summed E-state index contributed by atoms with van der Waals surface area (Å²) in [5, 5.41) is 12.1. The van der Waals surface area contributed by atoms with Crippen molar-refractivity contribution in [3.8, 4) is 5.75 Å². The Morgan fingerprint density at radius 3 is 2.54 bits per heavy atom. The van der Waals surface area contributed by atoms with E-state index in [2.05, 4.69) is 28.5 Å². The van der Waals surface area contributed by atoms with E-state index >= 15 is 0 Å². The molecule has 198 valence electrons. The van der Waals surface area contributed by atoms with Crippen LogP contribution in [-0.2, 0) is 11.2 Å². The second kappa shape index (κ2) is 12.7. The normalized spacial score (nSPS) is 17.9. The van der Waals surface area contributed by atoms with E-state index in [1.807, 2.05) is 31.2 Å². The summed E-state index contributed by atoms with van der Waals surface area (Å²) >= 11 is 0. The van der Waals surface area contributed by atoms with Crippen LogP contribution in [0.1, 0.15) is 47.3 Å². The van der Waals surface area contributed by atoms with Gasteiger partial charge in [0.05, 0.1) is 31.6 Å². The van der Waals surface area contributed by atoms with Crippen molar-refractivity contribution in [3.05, 3.63) is 64.7 Å². The molecule has 1 saturated heterocycles. The molecule has 0 aliphatic carbocycles. The summed E-state index contributed by atoms with van der Waals surface area (Å²) in [5.74, 6) is 0.645. The minimum absolute atomic E-state index is 0.0781. The molecule has 2 heterocycles. The maximum Gasteiger partial charge on any atom is 0.337 e. The topological polar surface area (TPSA) is 95.5 Å². The molecule has 0 saturated carbocycles. The number of carbonyl (C=O) groups excluding carboxylic acids is 2. The number of hydrogen-bond donors (Lipinski definition) is 2. The van der Waals surface area contributed by atoms with Crippen molar-refractivity contribution in [1.82, 2.24) is 20.5 Å². The molecule has 0 bridgehead atoms. The van der Waals surface area contributed by atoms with Crippen LogP contribution < -0.4 is 15.4 Å². The minimum atomic E-state index is -0.251. The number of ether oxygens (including phenoxy) is 2. The lowest BCUT2D eigenvalue weighted by Gasteiger charge is -2.26. The highest BCUT2D eigenvalue weighted by Gasteiger charge is 2.29. The summed E-state index contributed by atoms with van der Waals surface area (Å²) in [7, 11) is 1.61. The third-order valence-corrected chi connectivity index (χ3v) is 6.79. The Kier molecular flexibility index (Phi) is 9.14. The zero-order chi connectivity index (χ0) is 26.2. The Bertz CT molecular complexity index is 1110. The van der Waals surface area contributed by atoms with Crippen LogP contribution in [0.2, 0.25) is 0 Å². The number of morpholine rings is 1. The van der Waals surface area contributed by atoms with Crippen molar-refractivity contribution in [2.24, 2.45) is 5.10 Å². The van der Waals surface area contributed by atoms with Crippen LogP contribution in [0.4, 0.5) is 4.79 Å². The van der Waals surface area contributed by atoms with Gasteiger partial charge in [-0.1, -0.05) is 25.1 Å². The lowest BCUT2D eigenvalue weighted by atomic mass is 9.93. The van der Waals surface area contributed by atoms with Crippen LogP contribution in [0.5, 0.6) is 5.75 Å². The molecule has 2 aromatic rings. The van der Waals surface area contributed by atoms with Crippen LogP contribution in [0.3, 0.4) is 0 Å². The molecule has 2 N–H and O–H groups in total. The van der Waals surface area contributed by atoms with E-state index in [0.29, 0.717) is 30.8 Å². The number of nitrogens with one attached hydrogen (secondary N) is 2. The van der Waals surface area contributed by atoms with Crippen molar-refractivity contribution in [3.63, 3.8) is 0 Å². The van der Waals surface area contributed by atoms with Gasteiger partial charge in [0.25, 0.3) is 5.91 Å². The molecule has 1 unspecified atom stereocenters. The number of carbonyl (C=O) groups is 2. The average Bonchev–Trinajstić information content (AvgIpc) is 3.10. The molecule has 2 aromatic carbocycles.